The van der Waals surface area contributed by atoms with E-state index in [0.717, 1.165) is 5.56 Å². The van der Waals surface area contributed by atoms with E-state index in [1.165, 1.54) is 19.3 Å². The Morgan fingerprint density at radius 2 is 1.57 bits per heavy atom. The molecule has 0 aliphatic carbocycles. The molecule has 0 atom stereocenters. The molecule has 0 bridgehead atoms. The van der Waals surface area contributed by atoms with Crippen molar-refractivity contribution >= 4 is 17.7 Å². The number of carbonyl (C=O) groups is 3. The van der Waals surface area contributed by atoms with Crippen LogP contribution in [0, 0.1) is 0 Å². The maximum Gasteiger partial charge on any atom is 0.255 e. The Morgan fingerprint density at radius 3 is 2.21 bits per heavy atom. The second-order valence-electron chi connectivity index (χ2n) is 6.91. The van der Waals surface area contributed by atoms with Crippen molar-refractivity contribution in [1.29, 1.82) is 0 Å². The molecule has 28 heavy (non-hydrogen) atoms. The molecular formula is C21H24N4O3. The molecule has 7 heteroatoms. The monoisotopic (exact) mass is 380 g/mol. The summed E-state index contributed by atoms with van der Waals surface area (Å²) in [5.74, 6) is -0.341. The third-order valence-electron chi connectivity index (χ3n) is 4.85. The van der Waals surface area contributed by atoms with Gasteiger partial charge in [0.05, 0.1) is 11.1 Å². The molecule has 1 aliphatic heterocycles. The summed E-state index contributed by atoms with van der Waals surface area (Å²) in [6.45, 7) is 4.00. The van der Waals surface area contributed by atoms with Gasteiger partial charge in [0, 0.05) is 59.1 Å². The predicted molar refractivity (Wildman–Crippen MR) is 105 cm³/mol. The summed E-state index contributed by atoms with van der Waals surface area (Å²) in [7, 11) is 1.73. The van der Waals surface area contributed by atoms with E-state index >= 15 is 0 Å². The van der Waals surface area contributed by atoms with E-state index in [-0.39, 0.29) is 17.7 Å². The van der Waals surface area contributed by atoms with Crippen LogP contribution in [0.15, 0.2) is 48.8 Å². The van der Waals surface area contributed by atoms with Crippen molar-refractivity contribution in [3.05, 3.63) is 65.5 Å². The maximum absolute atomic E-state index is 12.8. The van der Waals surface area contributed by atoms with Crippen molar-refractivity contribution in [2.45, 2.75) is 13.5 Å². The Morgan fingerprint density at radius 1 is 0.964 bits per heavy atom. The zero-order valence-electron chi connectivity index (χ0n) is 16.2. The lowest BCUT2D eigenvalue weighted by atomic mass is 10.1. The molecule has 1 aliphatic rings. The van der Waals surface area contributed by atoms with E-state index in [9.17, 15) is 14.4 Å². The van der Waals surface area contributed by atoms with Crippen LogP contribution >= 0.6 is 0 Å². The lowest BCUT2D eigenvalue weighted by Crippen LogP contribution is -2.50. The molecule has 0 N–H and O–H groups in total. The second-order valence-corrected chi connectivity index (χ2v) is 6.91. The van der Waals surface area contributed by atoms with Crippen molar-refractivity contribution in [3.63, 3.8) is 0 Å². The molecule has 0 saturated carbocycles. The Labute approximate surface area is 164 Å². The minimum Gasteiger partial charge on any atom is -0.339 e. The lowest BCUT2D eigenvalue weighted by Gasteiger charge is -2.34. The van der Waals surface area contributed by atoms with E-state index in [1.807, 2.05) is 30.3 Å². The summed E-state index contributed by atoms with van der Waals surface area (Å²) in [6.07, 6.45) is 2.96. The molecule has 3 amide bonds. The Bertz CT molecular complexity index is 861. The fourth-order valence-electron chi connectivity index (χ4n) is 3.23. The number of hydrogen-bond acceptors (Lipinski definition) is 4. The van der Waals surface area contributed by atoms with Crippen LogP contribution in [-0.4, -0.2) is 70.6 Å². The summed E-state index contributed by atoms with van der Waals surface area (Å²) in [4.78, 5) is 46.0. The fourth-order valence-corrected chi connectivity index (χ4v) is 3.23. The molecular weight excluding hydrogens is 356 g/mol. The summed E-state index contributed by atoms with van der Waals surface area (Å²) in [6, 6.07) is 11.3. The number of piperazine rings is 1. The molecule has 7 nitrogen and oxygen atoms in total. The van der Waals surface area contributed by atoms with Crippen molar-refractivity contribution in [2.75, 3.05) is 33.2 Å². The van der Waals surface area contributed by atoms with Gasteiger partial charge in [-0.1, -0.05) is 30.3 Å². The largest absolute Gasteiger partial charge is 0.339 e. The van der Waals surface area contributed by atoms with Gasteiger partial charge in [0.25, 0.3) is 11.8 Å². The van der Waals surface area contributed by atoms with E-state index < -0.39 is 0 Å². The van der Waals surface area contributed by atoms with E-state index in [1.54, 1.807) is 27.8 Å². The quantitative estimate of drug-likeness (QED) is 0.809. The standard InChI is InChI=1S/C21H24N4O3/c1-16(26)24-8-10-25(11-9-24)21(28)19-12-18(13-22-14-19)20(27)23(2)15-17-6-4-3-5-7-17/h3-7,12-14H,8-11,15H2,1-2H3. The van der Waals surface area contributed by atoms with Crippen molar-refractivity contribution in [3.8, 4) is 0 Å². The van der Waals surface area contributed by atoms with Crippen LogP contribution in [0.1, 0.15) is 33.2 Å². The Balaban J connectivity index is 1.67. The van der Waals surface area contributed by atoms with Gasteiger partial charge < -0.3 is 14.7 Å². The number of nitrogens with zero attached hydrogens (tertiary/aromatic N) is 4. The number of hydrogen-bond donors (Lipinski definition) is 0. The molecule has 146 valence electrons. The van der Waals surface area contributed by atoms with Crippen LogP contribution in [0.5, 0.6) is 0 Å². The molecule has 1 aromatic heterocycles. The molecule has 0 spiro atoms. The average molecular weight is 380 g/mol. The third-order valence-corrected chi connectivity index (χ3v) is 4.85. The van der Waals surface area contributed by atoms with E-state index in [2.05, 4.69) is 4.98 Å². The highest BCUT2D eigenvalue weighted by atomic mass is 16.2. The molecule has 2 aromatic rings. The van der Waals surface area contributed by atoms with Crippen LogP contribution in [0.4, 0.5) is 0 Å². The topological polar surface area (TPSA) is 73.8 Å². The summed E-state index contributed by atoms with van der Waals surface area (Å²) < 4.78 is 0. The molecule has 0 radical (unpaired) electrons. The van der Waals surface area contributed by atoms with Crippen molar-refractivity contribution < 1.29 is 14.4 Å². The molecule has 2 heterocycles. The Kier molecular flexibility index (Phi) is 6.03. The summed E-state index contributed by atoms with van der Waals surface area (Å²) in [5.41, 5.74) is 1.80. The first-order valence-corrected chi connectivity index (χ1v) is 9.25. The minimum absolute atomic E-state index is 0.0165. The first kappa shape index (κ1) is 19.5. The zero-order chi connectivity index (χ0) is 20.1. The third kappa shape index (κ3) is 4.54. The number of benzene rings is 1. The van der Waals surface area contributed by atoms with Gasteiger partial charge in [-0.3, -0.25) is 19.4 Å². The average Bonchev–Trinajstić information content (AvgIpc) is 2.73. The van der Waals surface area contributed by atoms with E-state index in [4.69, 9.17) is 0 Å². The molecule has 3 rings (SSSR count). The van der Waals surface area contributed by atoms with Gasteiger partial charge in [-0.15, -0.1) is 0 Å². The van der Waals surface area contributed by atoms with Crippen LogP contribution in [0.25, 0.3) is 0 Å². The first-order chi connectivity index (χ1) is 13.5. The number of rotatable bonds is 4. The number of carbonyl (C=O) groups excluding carboxylic acids is 3. The van der Waals surface area contributed by atoms with Gasteiger partial charge in [-0.05, 0) is 11.6 Å². The van der Waals surface area contributed by atoms with E-state index in [0.29, 0.717) is 43.9 Å². The number of aromatic nitrogens is 1. The van der Waals surface area contributed by atoms with Gasteiger partial charge in [0.15, 0.2) is 0 Å². The summed E-state index contributed by atoms with van der Waals surface area (Å²) >= 11 is 0. The second kappa shape index (κ2) is 8.65. The predicted octanol–water partition coefficient (Wildman–Crippen LogP) is 1.66. The first-order valence-electron chi connectivity index (χ1n) is 9.25. The Hall–Kier alpha value is -3.22. The lowest BCUT2D eigenvalue weighted by molar-refractivity contribution is -0.130. The summed E-state index contributed by atoms with van der Waals surface area (Å²) in [5, 5.41) is 0. The molecule has 1 aromatic carbocycles. The van der Waals surface area contributed by atoms with Gasteiger partial charge in [-0.25, -0.2) is 0 Å². The van der Waals surface area contributed by atoms with Crippen LogP contribution in [-0.2, 0) is 11.3 Å². The highest BCUT2D eigenvalue weighted by Gasteiger charge is 2.24. The molecule has 1 saturated heterocycles. The molecule has 1 fully saturated rings. The fraction of sp³-hybridized carbons (Fsp3) is 0.333. The SMILES string of the molecule is CC(=O)N1CCN(C(=O)c2cncc(C(=O)N(C)Cc3ccccc3)c2)CC1. The highest BCUT2D eigenvalue weighted by Crippen LogP contribution is 2.13. The zero-order valence-corrected chi connectivity index (χ0v) is 16.2. The highest BCUT2D eigenvalue weighted by molar-refractivity contribution is 5.99. The van der Waals surface area contributed by atoms with Crippen LogP contribution in [0.3, 0.4) is 0 Å². The van der Waals surface area contributed by atoms with Crippen molar-refractivity contribution in [1.82, 2.24) is 19.7 Å². The van der Waals surface area contributed by atoms with Crippen molar-refractivity contribution in [2.24, 2.45) is 0 Å². The van der Waals surface area contributed by atoms with Crippen LogP contribution in [0.2, 0.25) is 0 Å². The minimum atomic E-state index is -0.188. The number of amides is 3. The molecule has 0 unspecified atom stereocenters. The van der Waals surface area contributed by atoms with Gasteiger partial charge in [0.1, 0.15) is 0 Å². The maximum atomic E-state index is 12.8. The number of pyridine rings is 1. The normalized spacial score (nSPS) is 13.9. The van der Waals surface area contributed by atoms with Gasteiger partial charge in [-0.2, -0.15) is 0 Å². The van der Waals surface area contributed by atoms with Crippen LogP contribution < -0.4 is 0 Å². The smallest absolute Gasteiger partial charge is 0.255 e. The van der Waals surface area contributed by atoms with Gasteiger partial charge in [0.2, 0.25) is 5.91 Å². The van der Waals surface area contributed by atoms with Gasteiger partial charge >= 0.3 is 0 Å².